The summed E-state index contributed by atoms with van der Waals surface area (Å²) < 4.78 is 4.98. The van der Waals surface area contributed by atoms with Crippen LogP contribution in [0.4, 0.5) is 0 Å². The lowest BCUT2D eigenvalue weighted by Crippen LogP contribution is -2.31. The van der Waals surface area contributed by atoms with Gasteiger partial charge < -0.3 is 10.1 Å². The Hall–Kier alpha value is -1.36. The highest BCUT2D eigenvalue weighted by molar-refractivity contribution is 5.93. The van der Waals surface area contributed by atoms with Gasteiger partial charge in [-0.3, -0.25) is 9.89 Å². The van der Waals surface area contributed by atoms with Gasteiger partial charge in [-0.1, -0.05) is 0 Å². The van der Waals surface area contributed by atoms with Gasteiger partial charge in [-0.2, -0.15) is 5.10 Å². The third-order valence-electron chi connectivity index (χ3n) is 1.71. The zero-order valence-electron chi connectivity index (χ0n) is 7.70. The molecule has 0 aliphatic carbocycles. The Morgan fingerprint density at radius 2 is 2.62 bits per heavy atom. The van der Waals surface area contributed by atoms with Gasteiger partial charge in [-0.05, 0) is 6.92 Å². The molecule has 13 heavy (non-hydrogen) atoms. The van der Waals surface area contributed by atoms with Gasteiger partial charge in [0.2, 0.25) is 0 Å². The highest BCUT2D eigenvalue weighted by atomic mass is 16.5. The van der Waals surface area contributed by atoms with E-state index in [1.54, 1.807) is 13.3 Å². The van der Waals surface area contributed by atoms with E-state index < -0.39 is 0 Å². The fourth-order valence-electron chi connectivity index (χ4n) is 0.797. The van der Waals surface area contributed by atoms with Gasteiger partial charge in [0.1, 0.15) is 0 Å². The number of amides is 1. The molecule has 0 radical (unpaired) electrons. The Labute approximate surface area is 76.5 Å². The maximum atomic E-state index is 11.3. The van der Waals surface area contributed by atoms with Gasteiger partial charge >= 0.3 is 0 Å². The molecule has 1 heterocycles. The van der Waals surface area contributed by atoms with Gasteiger partial charge in [0.05, 0.1) is 17.9 Å². The number of nitrogens with zero attached hydrogens (tertiary/aromatic N) is 1. The van der Waals surface area contributed by atoms with Crippen LogP contribution in [0.2, 0.25) is 0 Å². The van der Waals surface area contributed by atoms with Crippen LogP contribution < -0.4 is 5.32 Å². The molecular formula is C8H13N3O2. The van der Waals surface area contributed by atoms with Crippen molar-refractivity contribution < 1.29 is 9.53 Å². The molecular weight excluding hydrogens is 170 g/mol. The predicted octanol–water partition coefficient (Wildman–Crippen LogP) is 0.174. The number of aromatic nitrogens is 2. The summed E-state index contributed by atoms with van der Waals surface area (Å²) in [6.07, 6.45) is 3.05. The summed E-state index contributed by atoms with van der Waals surface area (Å²) in [5, 5.41) is 8.96. The first kappa shape index (κ1) is 9.73. The molecule has 72 valence electrons. The molecule has 0 spiro atoms. The largest absolute Gasteiger partial charge is 0.380 e. The summed E-state index contributed by atoms with van der Waals surface area (Å²) in [6.45, 7) is 2.39. The molecule has 0 aromatic carbocycles. The van der Waals surface area contributed by atoms with Crippen molar-refractivity contribution in [3.63, 3.8) is 0 Å². The van der Waals surface area contributed by atoms with E-state index in [1.165, 1.54) is 6.20 Å². The van der Waals surface area contributed by atoms with Gasteiger partial charge in [-0.15, -0.1) is 0 Å². The number of H-pyrrole nitrogens is 1. The maximum Gasteiger partial charge on any atom is 0.254 e. The minimum atomic E-state index is -0.141. The van der Waals surface area contributed by atoms with Crippen LogP contribution in [0.15, 0.2) is 12.4 Å². The zero-order chi connectivity index (χ0) is 9.68. The molecule has 1 rings (SSSR count). The molecule has 5 nitrogen and oxygen atoms in total. The average Bonchev–Trinajstić information content (AvgIpc) is 2.66. The molecule has 1 unspecified atom stereocenters. The van der Waals surface area contributed by atoms with Crippen molar-refractivity contribution in [2.45, 2.75) is 13.0 Å². The van der Waals surface area contributed by atoms with E-state index in [9.17, 15) is 4.79 Å². The molecule has 0 aliphatic heterocycles. The molecule has 5 heteroatoms. The monoisotopic (exact) mass is 183 g/mol. The molecule has 0 aliphatic rings. The first-order chi connectivity index (χ1) is 6.24. The molecule has 1 amide bonds. The number of hydrogen-bond donors (Lipinski definition) is 2. The molecule has 2 N–H and O–H groups in total. The van der Waals surface area contributed by atoms with Crippen LogP contribution in [-0.4, -0.2) is 35.9 Å². The number of nitrogens with one attached hydrogen (secondary N) is 2. The lowest BCUT2D eigenvalue weighted by atomic mass is 10.3. The number of ether oxygens (including phenoxy) is 1. The minimum absolute atomic E-state index is 0.0239. The van der Waals surface area contributed by atoms with Crippen LogP contribution in [0.3, 0.4) is 0 Å². The summed E-state index contributed by atoms with van der Waals surface area (Å²) in [5.41, 5.74) is 0.531. The van der Waals surface area contributed by atoms with Gasteiger partial charge in [0.25, 0.3) is 5.91 Å². The van der Waals surface area contributed by atoms with E-state index in [-0.39, 0.29) is 12.0 Å². The Morgan fingerprint density at radius 1 is 1.85 bits per heavy atom. The van der Waals surface area contributed by atoms with Crippen molar-refractivity contribution >= 4 is 5.91 Å². The molecule has 0 saturated heterocycles. The van der Waals surface area contributed by atoms with E-state index in [0.29, 0.717) is 12.1 Å². The highest BCUT2D eigenvalue weighted by Gasteiger charge is 2.07. The summed E-state index contributed by atoms with van der Waals surface area (Å²) in [5.74, 6) is -0.141. The van der Waals surface area contributed by atoms with Crippen LogP contribution in [-0.2, 0) is 4.74 Å². The Bertz CT molecular complexity index is 258. The number of hydrogen-bond acceptors (Lipinski definition) is 3. The lowest BCUT2D eigenvalue weighted by Gasteiger charge is -2.09. The molecule has 1 aromatic rings. The summed E-state index contributed by atoms with van der Waals surface area (Å²) >= 11 is 0. The quantitative estimate of drug-likeness (QED) is 0.699. The molecule has 0 bridgehead atoms. The average molecular weight is 183 g/mol. The van der Waals surface area contributed by atoms with Crippen molar-refractivity contribution in [1.29, 1.82) is 0 Å². The number of carbonyl (C=O) groups excluding carboxylic acids is 1. The second-order valence-corrected chi connectivity index (χ2v) is 2.74. The van der Waals surface area contributed by atoms with Crippen LogP contribution in [0.1, 0.15) is 17.3 Å². The third-order valence-corrected chi connectivity index (χ3v) is 1.71. The van der Waals surface area contributed by atoms with Gasteiger partial charge in [0, 0.05) is 19.9 Å². The first-order valence-electron chi connectivity index (χ1n) is 4.04. The minimum Gasteiger partial charge on any atom is -0.380 e. The molecule has 0 fully saturated rings. The fraction of sp³-hybridized carbons (Fsp3) is 0.500. The fourth-order valence-corrected chi connectivity index (χ4v) is 0.797. The SMILES string of the molecule is COC(C)CNC(=O)c1cn[nH]c1. The van der Waals surface area contributed by atoms with E-state index in [1.807, 2.05) is 6.92 Å². The number of methoxy groups -OCH3 is 1. The number of aromatic amines is 1. The summed E-state index contributed by atoms with van der Waals surface area (Å²) in [7, 11) is 1.61. The van der Waals surface area contributed by atoms with Crippen LogP contribution >= 0.6 is 0 Å². The molecule has 1 atom stereocenters. The number of carbonyl (C=O) groups is 1. The predicted molar refractivity (Wildman–Crippen MR) is 47.4 cm³/mol. The van der Waals surface area contributed by atoms with Crippen molar-refractivity contribution in [2.24, 2.45) is 0 Å². The van der Waals surface area contributed by atoms with Crippen molar-refractivity contribution in [3.8, 4) is 0 Å². The number of rotatable bonds is 4. The Kier molecular flexibility index (Phi) is 3.45. The standard InChI is InChI=1S/C8H13N3O2/c1-6(13-2)3-9-8(12)7-4-10-11-5-7/h4-6H,3H2,1-2H3,(H,9,12)(H,10,11). The second kappa shape index (κ2) is 4.61. The second-order valence-electron chi connectivity index (χ2n) is 2.74. The van der Waals surface area contributed by atoms with E-state index in [4.69, 9.17) is 4.74 Å². The van der Waals surface area contributed by atoms with Gasteiger partial charge in [0.15, 0.2) is 0 Å². The van der Waals surface area contributed by atoms with E-state index in [0.717, 1.165) is 0 Å². The van der Waals surface area contributed by atoms with Crippen LogP contribution in [0, 0.1) is 0 Å². The van der Waals surface area contributed by atoms with E-state index >= 15 is 0 Å². The summed E-state index contributed by atoms with van der Waals surface area (Å²) in [6, 6.07) is 0. The van der Waals surface area contributed by atoms with Crippen molar-refractivity contribution in [3.05, 3.63) is 18.0 Å². The zero-order valence-corrected chi connectivity index (χ0v) is 7.70. The van der Waals surface area contributed by atoms with Gasteiger partial charge in [-0.25, -0.2) is 0 Å². The topological polar surface area (TPSA) is 67.0 Å². The van der Waals surface area contributed by atoms with Crippen LogP contribution in [0.25, 0.3) is 0 Å². The maximum absolute atomic E-state index is 11.3. The molecule has 0 saturated carbocycles. The summed E-state index contributed by atoms with van der Waals surface area (Å²) in [4.78, 5) is 11.3. The van der Waals surface area contributed by atoms with E-state index in [2.05, 4.69) is 15.5 Å². The lowest BCUT2D eigenvalue weighted by molar-refractivity contribution is 0.0870. The van der Waals surface area contributed by atoms with Crippen molar-refractivity contribution in [2.75, 3.05) is 13.7 Å². The smallest absolute Gasteiger partial charge is 0.254 e. The normalized spacial score (nSPS) is 12.5. The van der Waals surface area contributed by atoms with Crippen LogP contribution in [0.5, 0.6) is 0 Å². The van der Waals surface area contributed by atoms with Crippen molar-refractivity contribution in [1.82, 2.24) is 15.5 Å². The first-order valence-corrected chi connectivity index (χ1v) is 4.04. The highest BCUT2D eigenvalue weighted by Crippen LogP contribution is 1.93. The molecule has 1 aromatic heterocycles. The third kappa shape index (κ3) is 2.87. The Morgan fingerprint density at radius 3 is 3.15 bits per heavy atom. The Balaban J connectivity index is 2.35.